The molecular weight excluding hydrogens is 576 g/mol. The number of ether oxygens (including phenoxy) is 3. The van der Waals surface area contributed by atoms with Gasteiger partial charge >= 0.3 is 5.97 Å². The van der Waals surface area contributed by atoms with Gasteiger partial charge in [0.2, 0.25) is 5.91 Å². The second-order valence-corrected chi connectivity index (χ2v) is 11.5. The number of carbonyl (C=O) groups excluding carboxylic acids is 2. The van der Waals surface area contributed by atoms with Crippen LogP contribution in [0.5, 0.6) is 11.5 Å². The maximum Gasteiger partial charge on any atom is 0.335 e. The number of amides is 2. The topological polar surface area (TPSA) is 135 Å². The van der Waals surface area contributed by atoms with Crippen molar-refractivity contribution in [2.24, 2.45) is 5.41 Å². The molecule has 0 unspecified atom stereocenters. The third-order valence-electron chi connectivity index (χ3n) is 7.20. The van der Waals surface area contributed by atoms with Crippen LogP contribution < -0.4 is 19.7 Å². The predicted octanol–water partition coefficient (Wildman–Crippen LogP) is 4.60. The zero-order chi connectivity index (χ0) is 31.3. The summed E-state index contributed by atoms with van der Waals surface area (Å²) >= 11 is 6.46. The fourth-order valence-corrected chi connectivity index (χ4v) is 5.09. The number of rotatable bonds is 11. The van der Waals surface area contributed by atoms with Gasteiger partial charge in [-0.3, -0.25) is 9.59 Å². The van der Waals surface area contributed by atoms with E-state index in [1.165, 1.54) is 31.3 Å². The predicted molar refractivity (Wildman–Crippen MR) is 161 cm³/mol. The minimum absolute atomic E-state index is 0.129. The number of hydrogen-bond donors (Lipinski definition) is 3. The van der Waals surface area contributed by atoms with Crippen molar-refractivity contribution in [3.63, 3.8) is 0 Å². The summed E-state index contributed by atoms with van der Waals surface area (Å²) in [6.07, 6.45) is -2.38. The Labute approximate surface area is 255 Å². The average molecular weight is 611 g/mol. The summed E-state index contributed by atoms with van der Waals surface area (Å²) < 4.78 is 17.7. The van der Waals surface area contributed by atoms with Crippen LogP contribution in [0, 0.1) is 5.41 Å². The Balaban J connectivity index is 1.72. The Hall–Kier alpha value is -4.12. The lowest BCUT2D eigenvalue weighted by molar-refractivity contribution is -0.138. The van der Waals surface area contributed by atoms with Crippen molar-refractivity contribution >= 4 is 35.1 Å². The van der Waals surface area contributed by atoms with E-state index < -0.39 is 35.4 Å². The standard InChI is InChI=1S/C32H35ClN2O8/c1-32(2,18-36)17-35-24-13-12-21(33)14-23(24)28(22-6-5-7-25(41-3)29(22)42-4)43-26(30(35)38)15-27(37)34-16-19-8-10-20(11-9-19)31(39)40/h5-14,26,28,36H,15-18H2,1-4H3,(H,34,37)(H,39,40)/t26-,28-/m1/s1. The summed E-state index contributed by atoms with van der Waals surface area (Å²) in [4.78, 5) is 40.0. The molecular formula is C32H35ClN2O8. The van der Waals surface area contributed by atoms with E-state index >= 15 is 0 Å². The number of aliphatic hydroxyl groups excluding tert-OH is 1. The molecule has 0 aromatic heterocycles. The van der Waals surface area contributed by atoms with Gasteiger partial charge in [-0.25, -0.2) is 4.79 Å². The van der Waals surface area contributed by atoms with Gasteiger partial charge in [0.05, 0.1) is 26.2 Å². The zero-order valence-electron chi connectivity index (χ0n) is 24.4. The highest BCUT2D eigenvalue weighted by Crippen LogP contribution is 2.45. The van der Waals surface area contributed by atoms with Gasteiger partial charge in [-0.05, 0) is 42.0 Å². The first-order chi connectivity index (χ1) is 20.5. The first kappa shape index (κ1) is 31.8. The molecule has 2 atom stereocenters. The molecule has 2 amide bonds. The van der Waals surface area contributed by atoms with Gasteiger partial charge in [-0.1, -0.05) is 49.7 Å². The lowest BCUT2D eigenvalue weighted by Gasteiger charge is -2.32. The van der Waals surface area contributed by atoms with E-state index in [4.69, 9.17) is 30.9 Å². The molecule has 1 aliphatic heterocycles. The van der Waals surface area contributed by atoms with Gasteiger partial charge < -0.3 is 34.6 Å². The number of carbonyl (C=O) groups is 3. The average Bonchev–Trinajstić information content (AvgIpc) is 3.09. The maximum atomic E-state index is 14.1. The third kappa shape index (κ3) is 7.27. The number of anilines is 1. The quantitative estimate of drug-likeness (QED) is 0.287. The number of carboxylic acid groups (broad SMARTS) is 1. The molecule has 0 saturated carbocycles. The second kappa shape index (κ2) is 13.5. The molecule has 4 rings (SSSR count). The van der Waals surface area contributed by atoms with Gasteiger partial charge in [0, 0.05) is 46.9 Å². The number of para-hydroxylation sites is 1. The molecule has 228 valence electrons. The van der Waals surface area contributed by atoms with E-state index in [0.717, 1.165) is 0 Å². The van der Waals surface area contributed by atoms with Crippen LogP contribution in [0.25, 0.3) is 0 Å². The molecule has 3 aromatic carbocycles. The highest BCUT2D eigenvalue weighted by Gasteiger charge is 2.40. The third-order valence-corrected chi connectivity index (χ3v) is 7.43. The summed E-state index contributed by atoms with van der Waals surface area (Å²) in [6.45, 7) is 3.77. The molecule has 0 saturated heterocycles. The lowest BCUT2D eigenvalue weighted by atomic mass is 9.92. The first-order valence-electron chi connectivity index (χ1n) is 13.6. The van der Waals surface area contributed by atoms with Crippen molar-refractivity contribution in [3.8, 4) is 11.5 Å². The number of nitrogens with one attached hydrogen (secondary N) is 1. The largest absolute Gasteiger partial charge is 0.493 e. The molecule has 0 bridgehead atoms. The molecule has 3 aromatic rings. The number of methoxy groups -OCH3 is 2. The molecule has 11 heteroatoms. The van der Waals surface area contributed by atoms with Gasteiger partial charge in [-0.15, -0.1) is 0 Å². The monoisotopic (exact) mass is 610 g/mol. The van der Waals surface area contributed by atoms with Gasteiger partial charge in [0.15, 0.2) is 11.5 Å². The number of nitrogens with zero attached hydrogens (tertiary/aromatic N) is 1. The van der Waals surface area contributed by atoms with Crippen LogP contribution in [-0.2, 0) is 20.9 Å². The fourth-order valence-electron chi connectivity index (χ4n) is 4.91. The van der Waals surface area contributed by atoms with Crippen LogP contribution in [0.15, 0.2) is 60.7 Å². The summed E-state index contributed by atoms with van der Waals surface area (Å²) in [5.74, 6) is -1.06. The summed E-state index contributed by atoms with van der Waals surface area (Å²) in [7, 11) is 3.02. The van der Waals surface area contributed by atoms with Crippen molar-refractivity contribution in [3.05, 3.63) is 87.9 Å². The highest BCUT2D eigenvalue weighted by atomic mass is 35.5. The van der Waals surface area contributed by atoms with Crippen LogP contribution in [-0.4, -0.2) is 61.5 Å². The van der Waals surface area contributed by atoms with Crippen molar-refractivity contribution in [1.82, 2.24) is 5.32 Å². The van der Waals surface area contributed by atoms with Crippen LogP contribution >= 0.6 is 11.6 Å². The lowest BCUT2D eigenvalue weighted by Crippen LogP contribution is -2.46. The Morgan fingerprint density at radius 1 is 1.05 bits per heavy atom. The van der Waals surface area contributed by atoms with Crippen molar-refractivity contribution < 1.29 is 38.8 Å². The minimum atomic E-state index is -1.21. The maximum absolute atomic E-state index is 14.1. The number of aromatic carboxylic acids is 1. The fraction of sp³-hybridized carbons (Fsp3) is 0.344. The molecule has 3 N–H and O–H groups in total. The zero-order valence-corrected chi connectivity index (χ0v) is 25.2. The highest BCUT2D eigenvalue weighted by molar-refractivity contribution is 6.30. The van der Waals surface area contributed by atoms with E-state index in [-0.39, 0.29) is 31.7 Å². The Morgan fingerprint density at radius 3 is 2.40 bits per heavy atom. The summed E-state index contributed by atoms with van der Waals surface area (Å²) in [6, 6.07) is 16.6. The van der Waals surface area contributed by atoms with Crippen LogP contribution in [0.1, 0.15) is 53.4 Å². The first-order valence-corrected chi connectivity index (χ1v) is 14.0. The van der Waals surface area contributed by atoms with Crippen molar-refractivity contribution in [2.45, 2.75) is 39.0 Å². The van der Waals surface area contributed by atoms with Crippen LogP contribution in [0.2, 0.25) is 5.02 Å². The van der Waals surface area contributed by atoms with E-state index in [2.05, 4.69) is 5.32 Å². The van der Waals surface area contributed by atoms with Crippen molar-refractivity contribution in [2.75, 3.05) is 32.3 Å². The molecule has 1 aliphatic rings. The normalized spacial score (nSPS) is 16.7. The molecule has 0 fully saturated rings. The van der Waals surface area contributed by atoms with E-state index in [9.17, 15) is 19.5 Å². The number of aliphatic hydroxyl groups is 1. The minimum Gasteiger partial charge on any atom is -0.493 e. The van der Waals surface area contributed by atoms with Gasteiger partial charge in [0.25, 0.3) is 5.91 Å². The van der Waals surface area contributed by atoms with Crippen LogP contribution in [0.4, 0.5) is 5.69 Å². The van der Waals surface area contributed by atoms with E-state index in [0.29, 0.717) is 38.9 Å². The number of halogens is 1. The molecule has 0 radical (unpaired) electrons. The van der Waals surface area contributed by atoms with Gasteiger partial charge in [0.1, 0.15) is 12.2 Å². The van der Waals surface area contributed by atoms with Gasteiger partial charge in [-0.2, -0.15) is 0 Å². The Kier molecular flexibility index (Phi) is 9.95. The SMILES string of the molecule is COc1cccc([C@H]2O[C@H](CC(=O)NCc3ccc(C(=O)O)cc3)C(=O)N(CC(C)(C)CO)c3ccc(Cl)cc32)c1OC. The molecule has 1 heterocycles. The number of benzene rings is 3. The number of hydrogen-bond acceptors (Lipinski definition) is 7. The molecule has 0 spiro atoms. The molecule has 43 heavy (non-hydrogen) atoms. The summed E-state index contributed by atoms with van der Waals surface area (Å²) in [5.41, 5.74) is 1.85. The number of carboxylic acids is 1. The smallest absolute Gasteiger partial charge is 0.335 e. The van der Waals surface area contributed by atoms with E-state index in [1.54, 1.807) is 48.5 Å². The van der Waals surface area contributed by atoms with Crippen LogP contribution in [0.3, 0.4) is 0 Å². The van der Waals surface area contributed by atoms with Crippen molar-refractivity contribution in [1.29, 1.82) is 0 Å². The van der Waals surface area contributed by atoms with E-state index in [1.807, 2.05) is 13.8 Å². The Bertz CT molecular complexity index is 1490. The number of fused-ring (bicyclic) bond motifs is 1. The Morgan fingerprint density at radius 2 is 1.77 bits per heavy atom. The second-order valence-electron chi connectivity index (χ2n) is 11.0. The molecule has 10 nitrogen and oxygen atoms in total. The molecule has 0 aliphatic carbocycles. The summed E-state index contributed by atoms with van der Waals surface area (Å²) in [5, 5.41) is 22.4.